The second-order valence-electron chi connectivity index (χ2n) is 8.08. The van der Waals surface area contributed by atoms with Crippen LogP contribution in [0.3, 0.4) is 0 Å². The van der Waals surface area contributed by atoms with Crippen LogP contribution in [0.1, 0.15) is 56.0 Å². The van der Waals surface area contributed by atoms with E-state index in [2.05, 4.69) is 17.0 Å². The predicted octanol–water partition coefficient (Wildman–Crippen LogP) is 6.48. The number of amides is 1. The Morgan fingerprint density at radius 3 is 2.73 bits per heavy atom. The highest BCUT2D eigenvalue weighted by Crippen LogP contribution is 2.31. The molecule has 4 rings (SSSR count). The molecule has 9 heteroatoms. The first kappa shape index (κ1) is 23.4. The quantitative estimate of drug-likeness (QED) is 0.360. The van der Waals surface area contributed by atoms with Gasteiger partial charge in [0.05, 0.1) is 10.6 Å². The minimum absolute atomic E-state index is 0.0238. The molecule has 0 saturated heterocycles. The van der Waals surface area contributed by atoms with Gasteiger partial charge in [-0.05, 0) is 74.4 Å². The van der Waals surface area contributed by atoms with Crippen LogP contribution in [0, 0.1) is 25.1 Å². The van der Waals surface area contributed by atoms with Crippen LogP contribution in [0.25, 0.3) is 11.8 Å². The standard InChI is InChI=1S/C24H25ClFN5OS/c1-4-5-6-7-8-21-29-31-22(27)18(23(32)28-24(31)33-21)12-16-11-14(2)30(15(16)3)17-9-10-20(26)19(25)13-17/h9-13,27H,4-8H2,1-3H3/b18-12-,27-22?. The summed E-state index contributed by atoms with van der Waals surface area (Å²) in [6.45, 7) is 5.99. The van der Waals surface area contributed by atoms with E-state index >= 15 is 0 Å². The largest absolute Gasteiger partial charge is 0.318 e. The molecule has 1 N–H and O–H groups in total. The van der Waals surface area contributed by atoms with E-state index in [4.69, 9.17) is 17.0 Å². The molecule has 0 radical (unpaired) electrons. The summed E-state index contributed by atoms with van der Waals surface area (Å²) in [5.41, 5.74) is 3.42. The van der Waals surface area contributed by atoms with Gasteiger partial charge in [-0.1, -0.05) is 37.8 Å². The number of rotatable bonds is 7. The number of benzene rings is 1. The van der Waals surface area contributed by atoms with Gasteiger partial charge in [-0.3, -0.25) is 10.2 Å². The topological polar surface area (TPSA) is 73.8 Å². The number of hydrazone groups is 1. The molecule has 0 spiro atoms. The highest BCUT2D eigenvalue weighted by Gasteiger charge is 2.35. The van der Waals surface area contributed by atoms with E-state index in [-0.39, 0.29) is 16.4 Å². The van der Waals surface area contributed by atoms with Crippen LogP contribution in [0.15, 0.2) is 39.9 Å². The number of nitrogens with one attached hydrogen (secondary N) is 1. The molecule has 0 fully saturated rings. The summed E-state index contributed by atoms with van der Waals surface area (Å²) in [6, 6.07) is 6.46. The van der Waals surface area contributed by atoms with Crippen LogP contribution in [-0.2, 0) is 4.79 Å². The molecule has 0 bridgehead atoms. The molecule has 1 amide bonds. The number of aliphatic imine (C=N–C) groups is 1. The van der Waals surface area contributed by atoms with E-state index in [1.54, 1.807) is 18.2 Å². The molecule has 0 saturated carbocycles. The third kappa shape index (κ3) is 4.68. The minimum Gasteiger partial charge on any atom is -0.318 e. The number of hydrogen-bond acceptors (Lipinski definition) is 4. The Hall–Kier alpha value is -2.71. The Balaban J connectivity index is 1.61. The van der Waals surface area contributed by atoms with E-state index < -0.39 is 11.7 Å². The summed E-state index contributed by atoms with van der Waals surface area (Å²) >= 11 is 7.34. The fourth-order valence-electron chi connectivity index (χ4n) is 3.95. The lowest BCUT2D eigenvalue weighted by atomic mass is 10.1. The molecule has 0 atom stereocenters. The van der Waals surface area contributed by atoms with E-state index in [9.17, 15) is 9.18 Å². The lowest BCUT2D eigenvalue weighted by molar-refractivity contribution is -0.114. The average molecular weight is 486 g/mol. The predicted molar refractivity (Wildman–Crippen MR) is 134 cm³/mol. The molecule has 2 aromatic rings. The maximum Gasteiger partial charge on any atom is 0.283 e. The smallest absolute Gasteiger partial charge is 0.283 e. The van der Waals surface area contributed by atoms with Crippen molar-refractivity contribution in [1.29, 1.82) is 5.41 Å². The molecule has 0 unspecified atom stereocenters. The molecule has 1 aromatic heterocycles. The van der Waals surface area contributed by atoms with Crippen LogP contribution in [0.4, 0.5) is 4.39 Å². The van der Waals surface area contributed by atoms with Gasteiger partial charge >= 0.3 is 0 Å². The number of hydrogen-bond donors (Lipinski definition) is 1. The normalized spacial score (nSPS) is 17.0. The Morgan fingerprint density at radius 1 is 1.21 bits per heavy atom. The maximum absolute atomic E-state index is 13.6. The Morgan fingerprint density at radius 2 is 2.00 bits per heavy atom. The van der Waals surface area contributed by atoms with Crippen LogP contribution >= 0.6 is 23.4 Å². The Labute approximate surface area is 201 Å². The summed E-state index contributed by atoms with van der Waals surface area (Å²) < 4.78 is 15.5. The first-order valence-corrected chi connectivity index (χ1v) is 12.1. The number of amidine groups is 2. The third-order valence-corrected chi connectivity index (χ3v) is 6.93. The number of unbranched alkanes of at least 4 members (excludes halogenated alkanes) is 3. The van der Waals surface area contributed by atoms with Crippen molar-refractivity contribution in [1.82, 2.24) is 9.58 Å². The fourth-order valence-corrected chi connectivity index (χ4v) is 5.05. The van der Waals surface area contributed by atoms with Crippen LogP contribution in [0.2, 0.25) is 5.02 Å². The van der Waals surface area contributed by atoms with Gasteiger partial charge in [0.2, 0.25) is 5.17 Å². The molecule has 2 aliphatic heterocycles. The van der Waals surface area contributed by atoms with Gasteiger partial charge in [0, 0.05) is 17.1 Å². The zero-order valence-corrected chi connectivity index (χ0v) is 20.4. The molecule has 0 aliphatic carbocycles. The highest BCUT2D eigenvalue weighted by atomic mass is 35.5. The van der Waals surface area contributed by atoms with E-state index in [1.165, 1.54) is 35.7 Å². The molecular weight excluding hydrogens is 461 g/mol. The van der Waals surface area contributed by atoms with Crippen molar-refractivity contribution in [2.24, 2.45) is 10.1 Å². The summed E-state index contributed by atoms with van der Waals surface area (Å²) in [5, 5.41) is 16.0. The first-order chi connectivity index (χ1) is 15.8. The van der Waals surface area contributed by atoms with Crippen molar-refractivity contribution >= 4 is 51.4 Å². The summed E-state index contributed by atoms with van der Waals surface area (Å²) in [5.74, 6) is -0.902. The van der Waals surface area contributed by atoms with Gasteiger partial charge < -0.3 is 4.57 Å². The number of aromatic nitrogens is 1. The number of halogens is 2. The Kier molecular flexibility index (Phi) is 6.86. The van der Waals surface area contributed by atoms with Crippen LogP contribution in [0.5, 0.6) is 0 Å². The molecule has 6 nitrogen and oxygen atoms in total. The number of aryl methyl sites for hydroxylation is 1. The highest BCUT2D eigenvalue weighted by molar-refractivity contribution is 8.26. The third-order valence-electron chi connectivity index (χ3n) is 5.67. The molecule has 3 heterocycles. The lowest BCUT2D eigenvalue weighted by Crippen LogP contribution is -2.35. The SMILES string of the molecule is CCCCCCC1=NN2C(=N)/C(=C/c3cc(C)n(-c4ccc(F)c(Cl)c4)c3C)C(=O)N=C2S1. The van der Waals surface area contributed by atoms with Crippen LogP contribution < -0.4 is 0 Å². The average Bonchev–Trinajstić information content (AvgIpc) is 3.30. The van der Waals surface area contributed by atoms with Gasteiger partial charge in [0.15, 0.2) is 5.84 Å². The van der Waals surface area contributed by atoms with Gasteiger partial charge in [-0.15, -0.1) is 0 Å². The van der Waals surface area contributed by atoms with E-state index in [0.717, 1.165) is 46.9 Å². The zero-order valence-electron chi connectivity index (χ0n) is 18.8. The molecule has 172 valence electrons. The maximum atomic E-state index is 13.6. The lowest BCUT2D eigenvalue weighted by Gasteiger charge is -2.20. The zero-order chi connectivity index (χ0) is 23.7. The van der Waals surface area contributed by atoms with Gasteiger partial charge in [-0.25, -0.2) is 4.39 Å². The van der Waals surface area contributed by atoms with Crippen molar-refractivity contribution in [3.05, 3.63) is 57.6 Å². The van der Waals surface area contributed by atoms with E-state index in [0.29, 0.717) is 5.17 Å². The van der Waals surface area contributed by atoms with Gasteiger partial charge in [-0.2, -0.15) is 15.1 Å². The number of carbonyl (C=O) groups excluding carboxylic acids is 1. The summed E-state index contributed by atoms with van der Waals surface area (Å²) in [7, 11) is 0. The van der Waals surface area contributed by atoms with Crippen molar-refractivity contribution in [3.8, 4) is 5.69 Å². The van der Waals surface area contributed by atoms with Crippen molar-refractivity contribution in [3.63, 3.8) is 0 Å². The van der Waals surface area contributed by atoms with Crippen molar-refractivity contribution in [2.75, 3.05) is 0 Å². The van der Waals surface area contributed by atoms with Crippen LogP contribution in [-0.4, -0.2) is 31.5 Å². The first-order valence-electron chi connectivity index (χ1n) is 10.9. The molecule has 1 aromatic carbocycles. The second kappa shape index (κ2) is 9.65. The molecule has 2 aliphatic rings. The number of fused-ring (bicyclic) bond motifs is 1. The number of carbonyl (C=O) groups is 1. The fraction of sp³-hybridized carbons (Fsp3) is 0.333. The van der Waals surface area contributed by atoms with Gasteiger partial charge in [0.1, 0.15) is 10.9 Å². The minimum atomic E-state index is -0.478. The molecular formula is C24H25ClFN5OS. The summed E-state index contributed by atoms with van der Waals surface area (Å²) in [4.78, 5) is 16.9. The van der Waals surface area contributed by atoms with E-state index in [1.807, 2.05) is 24.5 Å². The Bertz CT molecular complexity index is 1230. The monoisotopic (exact) mass is 485 g/mol. The molecule has 33 heavy (non-hydrogen) atoms. The van der Waals surface area contributed by atoms with Crippen molar-refractivity contribution in [2.45, 2.75) is 52.9 Å². The summed E-state index contributed by atoms with van der Waals surface area (Å²) in [6.07, 6.45) is 7.02. The number of nitrogens with zero attached hydrogens (tertiary/aromatic N) is 4. The second-order valence-corrected chi connectivity index (χ2v) is 9.53. The van der Waals surface area contributed by atoms with Gasteiger partial charge in [0.25, 0.3) is 5.91 Å². The van der Waals surface area contributed by atoms with Crippen molar-refractivity contribution < 1.29 is 9.18 Å². The number of thioether (sulfide) groups is 1.